The number of aromatic nitrogens is 1. The number of nitrogens with zero attached hydrogens (tertiary/aromatic N) is 4. The molecule has 28 heavy (non-hydrogen) atoms. The van der Waals surface area contributed by atoms with Crippen LogP contribution in [0, 0.1) is 0 Å². The Hall–Kier alpha value is -2.03. The Bertz CT molecular complexity index is 742. The smallest absolute Gasteiger partial charge is 0.193 e. The number of ether oxygens (including phenoxy) is 1. The summed E-state index contributed by atoms with van der Waals surface area (Å²) in [7, 11) is 5.52. The molecule has 1 saturated heterocycles. The molecule has 0 atom stereocenters. The first-order chi connectivity index (χ1) is 13.2. The summed E-state index contributed by atoms with van der Waals surface area (Å²) in [4.78, 5) is 13.5. The van der Waals surface area contributed by atoms with Gasteiger partial charge in [-0.3, -0.25) is 4.99 Å². The molecule has 2 heterocycles. The van der Waals surface area contributed by atoms with Gasteiger partial charge in [-0.2, -0.15) is 0 Å². The summed E-state index contributed by atoms with van der Waals surface area (Å²) in [6, 6.07) is 12.4. The lowest BCUT2D eigenvalue weighted by Crippen LogP contribution is -2.38. The topological polar surface area (TPSA) is 53.0 Å². The highest BCUT2D eigenvalue weighted by molar-refractivity contribution is 14.0. The number of rotatable bonds is 6. The molecule has 1 aromatic carbocycles. The van der Waals surface area contributed by atoms with E-state index in [9.17, 15) is 0 Å². The summed E-state index contributed by atoms with van der Waals surface area (Å²) in [6.07, 6.45) is 4.49. The van der Waals surface area contributed by atoms with Gasteiger partial charge in [-0.05, 0) is 42.2 Å². The zero-order chi connectivity index (χ0) is 19.1. The van der Waals surface area contributed by atoms with Gasteiger partial charge in [-0.25, -0.2) is 4.98 Å². The third kappa shape index (κ3) is 5.98. The molecule has 1 aromatic heterocycles. The van der Waals surface area contributed by atoms with Crippen molar-refractivity contribution in [1.82, 2.24) is 15.2 Å². The van der Waals surface area contributed by atoms with Crippen LogP contribution in [0.25, 0.3) is 0 Å². The highest BCUT2D eigenvalue weighted by atomic mass is 127. The summed E-state index contributed by atoms with van der Waals surface area (Å²) < 4.78 is 5.21. The van der Waals surface area contributed by atoms with E-state index in [0.717, 1.165) is 42.7 Å². The van der Waals surface area contributed by atoms with E-state index < -0.39 is 0 Å². The van der Waals surface area contributed by atoms with Gasteiger partial charge >= 0.3 is 0 Å². The van der Waals surface area contributed by atoms with Gasteiger partial charge in [0.2, 0.25) is 0 Å². The Kier molecular flexibility index (Phi) is 8.82. The molecule has 1 aliphatic rings. The summed E-state index contributed by atoms with van der Waals surface area (Å²) in [5.74, 6) is 2.81. The molecular weight excluding hydrogens is 465 g/mol. The van der Waals surface area contributed by atoms with E-state index in [1.54, 1.807) is 7.11 Å². The minimum Gasteiger partial charge on any atom is -0.497 e. The van der Waals surface area contributed by atoms with Gasteiger partial charge in [-0.15, -0.1) is 24.0 Å². The second-order valence-electron chi connectivity index (χ2n) is 6.82. The van der Waals surface area contributed by atoms with Crippen LogP contribution in [0.1, 0.15) is 24.0 Å². The number of guanidine groups is 1. The van der Waals surface area contributed by atoms with Gasteiger partial charge in [0.25, 0.3) is 0 Å². The summed E-state index contributed by atoms with van der Waals surface area (Å²) >= 11 is 0. The average Bonchev–Trinajstić information content (AvgIpc) is 3.24. The molecule has 0 unspecified atom stereocenters. The Morgan fingerprint density at radius 1 is 1.14 bits per heavy atom. The Morgan fingerprint density at radius 3 is 2.39 bits per heavy atom. The van der Waals surface area contributed by atoms with Gasteiger partial charge in [0, 0.05) is 46.5 Å². The first-order valence-corrected chi connectivity index (χ1v) is 9.44. The molecule has 0 radical (unpaired) electrons. The molecule has 3 rings (SSSR count). The Morgan fingerprint density at radius 2 is 1.82 bits per heavy atom. The fourth-order valence-corrected chi connectivity index (χ4v) is 3.30. The van der Waals surface area contributed by atoms with Crippen LogP contribution in [0.15, 0.2) is 47.6 Å². The van der Waals surface area contributed by atoms with Gasteiger partial charge in [-0.1, -0.05) is 18.2 Å². The van der Waals surface area contributed by atoms with Crippen molar-refractivity contribution in [3.63, 3.8) is 0 Å². The second-order valence-corrected chi connectivity index (χ2v) is 6.82. The number of anilines is 1. The monoisotopic (exact) mass is 495 g/mol. The fraction of sp³-hybridized carbons (Fsp3) is 0.429. The normalized spacial score (nSPS) is 13.8. The maximum Gasteiger partial charge on any atom is 0.193 e. The molecule has 0 saturated carbocycles. The molecule has 152 valence electrons. The van der Waals surface area contributed by atoms with E-state index in [2.05, 4.69) is 49.4 Å². The number of methoxy groups -OCH3 is 1. The van der Waals surface area contributed by atoms with E-state index in [1.807, 2.05) is 32.4 Å². The van der Waals surface area contributed by atoms with Crippen molar-refractivity contribution in [2.24, 2.45) is 4.99 Å². The molecule has 6 nitrogen and oxygen atoms in total. The van der Waals surface area contributed by atoms with Crippen LogP contribution in [0.2, 0.25) is 0 Å². The molecule has 0 amide bonds. The highest BCUT2D eigenvalue weighted by Gasteiger charge is 2.13. The summed E-state index contributed by atoms with van der Waals surface area (Å²) in [5, 5.41) is 3.41. The van der Waals surface area contributed by atoms with Gasteiger partial charge in [0.05, 0.1) is 7.11 Å². The number of aliphatic imine (C=N–C) groups is 1. The highest BCUT2D eigenvalue weighted by Crippen LogP contribution is 2.17. The third-order valence-corrected chi connectivity index (χ3v) is 4.84. The van der Waals surface area contributed by atoms with E-state index in [0.29, 0.717) is 6.54 Å². The number of nitrogens with one attached hydrogen (secondary N) is 1. The van der Waals surface area contributed by atoms with E-state index in [-0.39, 0.29) is 24.0 Å². The quantitative estimate of drug-likeness (QED) is 0.378. The lowest BCUT2D eigenvalue weighted by molar-refractivity contribution is 0.414. The van der Waals surface area contributed by atoms with Gasteiger partial charge in [0.15, 0.2) is 5.96 Å². The van der Waals surface area contributed by atoms with Crippen LogP contribution >= 0.6 is 24.0 Å². The largest absolute Gasteiger partial charge is 0.497 e. The lowest BCUT2D eigenvalue weighted by Gasteiger charge is -2.22. The van der Waals surface area contributed by atoms with Crippen LogP contribution in [0.3, 0.4) is 0 Å². The molecule has 0 bridgehead atoms. The zero-order valence-electron chi connectivity index (χ0n) is 16.9. The van der Waals surface area contributed by atoms with Crippen molar-refractivity contribution >= 4 is 35.8 Å². The molecule has 2 aromatic rings. The molecule has 7 heteroatoms. The zero-order valence-corrected chi connectivity index (χ0v) is 19.2. The lowest BCUT2D eigenvalue weighted by atomic mass is 10.2. The molecular formula is C21H30IN5O. The molecule has 0 spiro atoms. The number of pyridine rings is 1. The van der Waals surface area contributed by atoms with Gasteiger partial charge in [0.1, 0.15) is 11.6 Å². The molecule has 1 aliphatic heterocycles. The summed E-state index contributed by atoms with van der Waals surface area (Å²) in [5.41, 5.74) is 2.36. The number of hydrogen-bond donors (Lipinski definition) is 1. The number of benzene rings is 1. The van der Waals surface area contributed by atoms with Crippen LogP contribution in [0.4, 0.5) is 5.82 Å². The van der Waals surface area contributed by atoms with E-state index >= 15 is 0 Å². The van der Waals surface area contributed by atoms with Crippen LogP contribution in [-0.4, -0.2) is 50.1 Å². The third-order valence-electron chi connectivity index (χ3n) is 4.84. The maximum atomic E-state index is 5.21. The molecule has 1 fully saturated rings. The predicted molar refractivity (Wildman–Crippen MR) is 126 cm³/mol. The van der Waals surface area contributed by atoms with Crippen LogP contribution < -0.4 is 15.0 Å². The maximum absolute atomic E-state index is 5.21. The molecule has 0 aliphatic carbocycles. The first kappa shape index (κ1) is 22.3. The van der Waals surface area contributed by atoms with Crippen molar-refractivity contribution in [2.75, 3.05) is 39.2 Å². The first-order valence-electron chi connectivity index (χ1n) is 9.44. The van der Waals surface area contributed by atoms with Crippen LogP contribution in [0.5, 0.6) is 5.75 Å². The second kappa shape index (κ2) is 11.1. The number of hydrogen-bond acceptors (Lipinski definition) is 4. The predicted octanol–water partition coefficient (Wildman–Crippen LogP) is 3.52. The van der Waals surface area contributed by atoms with Crippen molar-refractivity contribution < 1.29 is 4.74 Å². The van der Waals surface area contributed by atoms with Crippen molar-refractivity contribution in [2.45, 2.75) is 25.9 Å². The SMILES string of the molecule is CN=C(NCc1ccc(N2CCCC2)nc1)N(C)Cc1ccc(OC)cc1.I. The number of halogens is 1. The average molecular weight is 495 g/mol. The Balaban J connectivity index is 0.00000280. The van der Waals surface area contributed by atoms with Crippen molar-refractivity contribution in [3.05, 3.63) is 53.7 Å². The van der Waals surface area contributed by atoms with E-state index in [1.165, 1.54) is 18.4 Å². The Labute approximate surface area is 185 Å². The summed E-state index contributed by atoms with van der Waals surface area (Å²) in [6.45, 7) is 3.71. The van der Waals surface area contributed by atoms with E-state index in [4.69, 9.17) is 4.74 Å². The van der Waals surface area contributed by atoms with Crippen LogP contribution in [-0.2, 0) is 13.1 Å². The van der Waals surface area contributed by atoms with Gasteiger partial charge < -0.3 is 19.9 Å². The minimum atomic E-state index is 0. The van der Waals surface area contributed by atoms with Crippen molar-refractivity contribution in [1.29, 1.82) is 0 Å². The fourth-order valence-electron chi connectivity index (χ4n) is 3.30. The minimum absolute atomic E-state index is 0. The van der Waals surface area contributed by atoms with Crippen molar-refractivity contribution in [3.8, 4) is 5.75 Å². The standard InChI is InChI=1S/C21H29N5O.HI/c1-22-21(25(2)16-17-6-9-19(27-3)10-7-17)24-15-18-8-11-20(23-14-18)26-12-4-5-13-26;/h6-11,14H,4-5,12-13,15-16H2,1-3H3,(H,22,24);1H. The molecule has 1 N–H and O–H groups in total.